The molecule has 2 aromatic heterocycles. The lowest BCUT2D eigenvalue weighted by Crippen LogP contribution is -2.08. The number of carboxylic acids is 1. The standard InChI is InChI=1S/C18H19N3O2S/c1-12-10-14-17(19-9-5-8-16(22)23)20-15(21-18(14)24-12)11-13-6-3-2-4-7-13/h2-4,6-7,10H,5,8-9,11H2,1H3,(H,22,23)(H,19,20,21). The van der Waals surface area contributed by atoms with Gasteiger partial charge in [-0.15, -0.1) is 11.3 Å². The fourth-order valence-corrected chi connectivity index (χ4v) is 3.42. The lowest BCUT2D eigenvalue weighted by Gasteiger charge is -2.08. The summed E-state index contributed by atoms with van der Waals surface area (Å²) in [7, 11) is 0. The number of fused-ring (bicyclic) bond motifs is 1. The maximum atomic E-state index is 10.6. The van der Waals surface area contributed by atoms with Crippen molar-refractivity contribution in [3.8, 4) is 0 Å². The summed E-state index contributed by atoms with van der Waals surface area (Å²) in [4.78, 5) is 22.1. The summed E-state index contributed by atoms with van der Waals surface area (Å²) < 4.78 is 0. The fourth-order valence-electron chi connectivity index (χ4n) is 2.52. The molecule has 0 aliphatic rings. The van der Waals surface area contributed by atoms with Crippen LogP contribution in [-0.4, -0.2) is 27.6 Å². The van der Waals surface area contributed by atoms with Crippen LogP contribution >= 0.6 is 11.3 Å². The van der Waals surface area contributed by atoms with Gasteiger partial charge in [-0.25, -0.2) is 9.97 Å². The molecule has 6 heteroatoms. The van der Waals surface area contributed by atoms with Crippen LogP contribution in [0, 0.1) is 6.92 Å². The van der Waals surface area contributed by atoms with E-state index in [-0.39, 0.29) is 6.42 Å². The molecule has 5 nitrogen and oxygen atoms in total. The van der Waals surface area contributed by atoms with Gasteiger partial charge in [-0.05, 0) is 25.0 Å². The van der Waals surface area contributed by atoms with Gasteiger partial charge in [0.2, 0.25) is 0 Å². The molecule has 0 fully saturated rings. The van der Waals surface area contributed by atoms with E-state index >= 15 is 0 Å². The fraction of sp³-hybridized carbons (Fsp3) is 0.278. The zero-order valence-corrected chi connectivity index (χ0v) is 14.3. The van der Waals surface area contributed by atoms with Crippen LogP contribution in [0.5, 0.6) is 0 Å². The molecule has 2 N–H and O–H groups in total. The van der Waals surface area contributed by atoms with E-state index in [4.69, 9.17) is 5.11 Å². The molecule has 3 aromatic rings. The predicted octanol–water partition coefficient (Wildman–Crippen LogP) is 3.87. The number of nitrogens with zero attached hydrogens (tertiary/aromatic N) is 2. The second kappa shape index (κ2) is 7.40. The minimum Gasteiger partial charge on any atom is -0.481 e. The van der Waals surface area contributed by atoms with E-state index in [9.17, 15) is 4.79 Å². The Morgan fingerprint density at radius 3 is 2.79 bits per heavy atom. The second-order valence-corrected chi connectivity index (χ2v) is 6.89. The Kier molecular flexibility index (Phi) is 5.05. The van der Waals surface area contributed by atoms with E-state index < -0.39 is 5.97 Å². The molecule has 24 heavy (non-hydrogen) atoms. The third kappa shape index (κ3) is 4.08. The van der Waals surface area contributed by atoms with Gasteiger partial charge in [0.15, 0.2) is 0 Å². The Morgan fingerprint density at radius 1 is 1.25 bits per heavy atom. The number of anilines is 1. The highest BCUT2D eigenvalue weighted by molar-refractivity contribution is 7.18. The smallest absolute Gasteiger partial charge is 0.303 e. The number of hydrogen-bond donors (Lipinski definition) is 2. The molecule has 0 saturated carbocycles. The summed E-state index contributed by atoms with van der Waals surface area (Å²) in [6.45, 7) is 2.63. The number of hydrogen-bond acceptors (Lipinski definition) is 5. The quantitative estimate of drug-likeness (QED) is 0.638. The first-order valence-electron chi connectivity index (χ1n) is 7.88. The van der Waals surface area contributed by atoms with Crippen LogP contribution in [0.15, 0.2) is 36.4 Å². The number of aliphatic carboxylic acids is 1. The van der Waals surface area contributed by atoms with E-state index in [2.05, 4.69) is 40.4 Å². The SMILES string of the molecule is Cc1cc2c(NCCCC(=O)O)nc(Cc3ccccc3)nc2s1. The number of aryl methyl sites for hydroxylation is 1. The first kappa shape index (κ1) is 16.4. The highest BCUT2D eigenvalue weighted by Crippen LogP contribution is 2.29. The summed E-state index contributed by atoms with van der Waals surface area (Å²) in [5, 5.41) is 13.0. The van der Waals surface area contributed by atoms with Crippen molar-refractivity contribution in [3.05, 3.63) is 52.7 Å². The summed E-state index contributed by atoms with van der Waals surface area (Å²) in [6, 6.07) is 12.2. The molecule has 0 radical (unpaired) electrons. The molecule has 0 aliphatic carbocycles. The number of aromatic nitrogens is 2. The van der Waals surface area contributed by atoms with Crippen molar-refractivity contribution < 1.29 is 9.90 Å². The number of nitrogens with one attached hydrogen (secondary N) is 1. The molecule has 0 amide bonds. The van der Waals surface area contributed by atoms with E-state index in [1.165, 1.54) is 10.4 Å². The number of carboxylic acid groups (broad SMARTS) is 1. The van der Waals surface area contributed by atoms with Gasteiger partial charge in [0, 0.05) is 24.3 Å². The molecule has 1 aromatic carbocycles. The van der Waals surface area contributed by atoms with Gasteiger partial charge in [-0.1, -0.05) is 30.3 Å². The molecule has 0 atom stereocenters. The van der Waals surface area contributed by atoms with Gasteiger partial charge in [0.1, 0.15) is 16.5 Å². The average molecular weight is 341 g/mol. The van der Waals surface area contributed by atoms with Crippen molar-refractivity contribution in [2.24, 2.45) is 0 Å². The molecular weight excluding hydrogens is 322 g/mol. The Bertz CT molecular complexity index is 846. The van der Waals surface area contributed by atoms with Crippen molar-refractivity contribution in [1.82, 2.24) is 9.97 Å². The largest absolute Gasteiger partial charge is 0.481 e. The van der Waals surface area contributed by atoms with E-state index in [0.29, 0.717) is 19.4 Å². The van der Waals surface area contributed by atoms with Crippen LogP contribution in [-0.2, 0) is 11.2 Å². The summed E-state index contributed by atoms with van der Waals surface area (Å²) in [6.07, 6.45) is 1.40. The molecule has 2 heterocycles. The van der Waals surface area contributed by atoms with Gasteiger partial charge in [0.25, 0.3) is 0 Å². The van der Waals surface area contributed by atoms with Crippen molar-refractivity contribution in [2.75, 3.05) is 11.9 Å². The van der Waals surface area contributed by atoms with Crippen molar-refractivity contribution in [3.63, 3.8) is 0 Å². The monoisotopic (exact) mass is 341 g/mol. The number of rotatable bonds is 7. The summed E-state index contributed by atoms with van der Waals surface area (Å²) in [5.41, 5.74) is 1.17. The first-order chi connectivity index (χ1) is 11.6. The van der Waals surface area contributed by atoms with Gasteiger partial charge < -0.3 is 10.4 Å². The van der Waals surface area contributed by atoms with Gasteiger partial charge in [0.05, 0.1) is 5.39 Å². The average Bonchev–Trinajstić information content (AvgIpc) is 2.92. The molecule has 0 aliphatic heterocycles. The first-order valence-corrected chi connectivity index (χ1v) is 8.70. The maximum absolute atomic E-state index is 10.6. The Hall–Kier alpha value is -2.47. The lowest BCUT2D eigenvalue weighted by atomic mass is 10.1. The van der Waals surface area contributed by atoms with Crippen molar-refractivity contribution >= 4 is 33.3 Å². The number of carbonyl (C=O) groups is 1. The third-order valence-electron chi connectivity index (χ3n) is 3.63. The summed E-state index contributed by atoms with van der Waals surface area (Å²) >= 11 is 1.65. The van der Waals surface area contributed by atoms with Crippen LogP contribution in [0.25, 0.3) is 10.2 Å². The van der Waals surface area contributed by atoms with Crippen LogP contribution in [0.2, 0.25) is 0 Å². The highest BCUT2D eigenvalue weighted by Gasteiger charge is 2.11. The lowest BCUT2D eigenvalue weighted by molar-refractivity contribution is -0.137. The molecular formula is C18H19N3O2S. The number of benzene rings is 1. The van der Waals surface area contributed by atoms with E-state index in [1.807, 2.05) is 18.2 Å². The van der Waals surface area contributed by atoms with E-state index in [0.717, 1.165) is 21.9 Å². The predicted molar refractivity (Wildman–Crippen MR) is 96.8 cm³/mol. The Morgan fingerprint density at radius 2 is 2.04 bits per heavy atom. The maximum Gasteiger partial charge on any atom is 0.303 e. The third-order valence-corrected chi connectivity index (χ3v) is 4.57. The molecule has 0 saturated heterocycles. The van der Waals surface area contributed by atoms with Crippen LogP contribution in [0.3, 0.4) is 0 Å². The van der Waals surface area contributed by atoms with Gasteiger partial charge >= 0.3 is 5.97 Å². The molecule has 124 valence electrons. The molecule has 0 bridgehead atoms. The van der Waals surface area contributed by atoms with Crippen molar-refractivity contribution in [2.45, 2.75) is 26.2 Å². The molecule has 0 unspecified atom stereocenters. The molecule has 0 spiro atoms. The van der Waals surface area contributed by atoms with Crippen LogP contribution in [0.4, 0.5) is 5.82 Å². The van der Waals surface area contributed by atoms with Crippen molar-refractivity contribution in [1.29, 1.82) is 0 Å². The second-order valence-electron chi connectivity index (χ2n) is 5.65. The van der Waals surface area contributed by atoms with Crippen LogP contribution in [0.1, 0.15) is 29.1 Å². The highest BCUT2D eigenvalue weighted by atomic mass is 32.1. The molecule has 3 rings (SSSR count). The van der Waals surface area contributed by atoms with Gasteiger partial charge in [-0.2, -0.15) is 0 Å². The topological polar surface area (TPSA) is 75.1 Å². The zero-order chi connectivity index (χ0) is 16.9. The van der Waals surface area contributed by atoms with E-state index in [1.54, 1.807) is 11.3 Å². The number of thiophene rings is 1. The van der Waals surface area contributed by atoms with Crippen LogP contribution < -0.4 is 5.32 Å². The normalized spacial score (nSPS) is 10.9. The Labute approximate surface area is 144 Å². The minimum absolute atomic E-state index is 0.154. The zero-order valence-electron chi connectivity index (χ0n) is 13.5. The Balaban J connectivity index is 1.83. The minimum atomic E-state index is -0.777. The summed E-state index contributed by atoms with van der Waals surface area (Å²) in [5.74, 6) is 0.790. The van der Waals surface area contributed by atoms with Gasteiger partial charge in [-0.3, -0.25) is 4.79 Å².